The molecule has 24 heavy (non-hydrogen) atoms. The van der Waals surface area contributed by atoms with Crippen LogP contribution in [0, 0.1) is 0 Å². The van der Waals surface area contributed by atoms with Crippen molar-refractivity contribution in [1.82, 2.24) is 10.6 Å². The van der Waals surface area contributed by atoms with E-state index in [1.807, 2.05) is 42.5 Å². The maximum Gasteiger partial charge on any atom is 0.321 e. The summed E-state index contributed by atoms with van der Waals surface area (Å²) in [6, 6.07) is 13.2. The standard InChI is InChI=1S/C19H22N2O3/c22-18(21-19(23)20-15-9-2-1-3-10-15)13-24-17-12-6-8-14-7-4-5-11-16(14)17/h4-8,11-12,15H,1-3,9-10,13H2,(H2,20,21,22,23). The van der Waals surface area contributed by atoms with Gasteiger partial charge in [-0.2, -0.15) is 0 Å². The summed E-state index contributed by atoms with van der Waals surface area (Å²) in [4.78, 5) is 23.8. The Balaban J connectivity index is 1.50. The number of amides is 3. The molecular formula is C19H22N2O3. The second-order valence-electron chi connectivity index (χ2n) is 6.12. The van der Waals surface area contributed by atoms with E-state index in [0.29, 0.717) is 5.75 Å². The zero-order valence-corrected chi connectivity index (χ0v) is 13.6. The first kappa shape index (κ1) is 16.3. The third kappa shape index (κ3) is 4.25. The van der Waals surface area contributed by atoms with Crippen molar-refractivity contribution in [2.75, 3.05) is 6.61 Å². The first-order chi connectivity index (χ1) is 11.7. The fourth-order valence-electron chi connectivity index (χ4n) is 3.10. The third-order valence-corrected chi connectivity index (χ3v) is 4.30. The molecule has 0 bridgehead atoms. The lowest BCUT2D eigenvalue weighted by Crippen LogP contribution is -2.46. The van der Waals surface area contributed by atoms with Crippen LogP contribution >= 0.6 is 0 Å². The highest BCUT2D eigenvalue weighted by Crippen LogP contribution is 2.24. The van der Waals surface area contributed by atoms with Gasteiger partial charge in [-0.05, 0) is 24.3 Å². The van der Waals surface area contributed by atoms with E-state index >= 15 is 0 Å². The second-order valence-corrected chi connectivity index (χ2v) is 6.12. The lowest BCUT2D eigenvalue weighted by Gasteiger charge is -2.22. The molecule has 0 spiro atoms. The molecule has 0 aromatic heterocycles. The zero-order valence-electron chi connectivity index (χ0n) is 13.6. The van der Waals surface area contributed by atoms with Gasteiger partial charge in [0, 0.05) is 11.4 Å². The van der Waals surface area contributed by atoms with Crippen LogP contribution in [-0.2, 0) is 4.79 Å². The van der Waals surface area contributed by atoms with Gasteiger partial charge >= 0.3 is 6.03 Å². The summed E-state index contributed by atoms with van der Waals surface area (Å²) in [6.07, 6.45) is 5.44. The van der Waals surface area contributed by atoms with Crippen LogP contribution in [-0.4, -0.2) is 24.6 Å². The van der Waals surface area contributed by atoms with E-state index in [2.05, 4.69) is 10.6 Å². The summed E-state index contributed by atoms with van der Waals surface area (Å²) in [7, 11) is 0. The number of hydrogen-bond donors (Lipinski definition) is 2. The molecule has 126 valence electrons. The van der Waals surface area contributed by atoms with Gasteiger partial charge < -0.3 is 10.1 Å². The van der Waals surface area contributed by atoms with E-state index in [0.717, 1.165) is 36.5 Å². The normalized spacial score (nSPS) is 15.0. The van der Waals surface area contributed by atoms with Crippen molar-refractivity contribution in [2.45, 2.75) is 38.1 Å². The number of imide groups is 1. The van der Waals surface area contributed by atoms with E-state index < -0.39 is 11.9 Å². The molecular weight excluding hydrogens is 304 g/mol. The van der Waals surface area contributed by atoms with Crippen LogP contribution in [0.1, 0.15) is 32.1 Å². The number of carbonyl (C=O) groups is 2. The minimum atomic E-state index is -0.448. The van der Waals surface area contributed by atoms with Crippen molar-refractivity contribution in [3.8, 4) is 5.75 Å². The van der Waals surface area contributed by atoms with Crippen LogP contribution in [0.15, 0.2) is 42.5 Å². The van der Waals surface area contributed by atoms with Gasteiger partial charge in [0.15, 0.2) is 6.61 Å². The summed E-state index contributed by atoms with van der Waals surface area (Å²) in [5, 5.41) is 7.17. The number of rotatable bonds is 4. The van der Waals surface area contributed by atoms with Crippen molar-refractivity contribution in [1.29, 1.82) is 0 Å². The van der Waals surface area contributed by atoms with Gasteiger partial charge in [-0.15, -0.1) is 0 Å². The lowest BCUT2D eigenvalue weighted by atomic mass is 9.96. The van der Waals surface area contributed by atoms with E-state index in [-0.39, 0.29) is 12.6 Å². The summed E-state index contributed by atoms with van der Waals surface area (Å²) in [5.41, 5.74) is 0. The Morgan fingerprint density at radius 3 is 2.58 bits per heavy atom. The van der Waals surface area contributed by atoms with Crippen LogP contribution in [0.4, 0.5) is 4.79 Å². The van der Waals surface area contributed by atoms with Gasteiger partial charge in [0.1, 0.15) is 5.75 Å². The first-order valence-electron chi connectivity index (χ1n) is 8.43. The molecule has 2 aromatic rings. The number of benzene rings is 2. The summed E-state index contributed by atoms with van der Waals surface area (Å²) in [6.45, 7) is -0.188. The Morgan fingerprint density at radius 1 is 1.00 bits per heavy atom. The smallest absolute Gasteiger partial charge is 0.321 e. The molecule has 1 aliphatic rings. The summed E-state index contributed by atoms with van der Waals surface area (Å²) in [5.74, 6) is 0.187. The maximum atomic E-state index is 11.9. The summed E-state index contributed by atoms with van der Waals surface area (Å²) >= 11 is 0. The Kier molecular flexibility index (Phi) is 5.31. The quantitative estimate of drug-likeness (QED) is 0.905. The highest BCUT2D eigenvalue weighted by molar-refractivity contribution is 5.95. The largest absolute Gasteiger partial charge is 0.483 e. The Morgan fingerprint density at radius 2 is 1.75 bits per heavy atom. The molecule has 3 amide bonds. The van der Waals surface area contributed by atoms with Gasteiger partial charge in [0.25, 0.3) is 5.91 Å². The lowest BCUT2D eigenvalue weighted by molar-refractivity contribution is -0.121. The molecule has 0 radical (unpaired) electrons. The van der Waals surface area contributed by atoms with Crippen molar-refractivity contribution in [2.24, 2.45) is 0 Å². The van der Waals surface area contributed by atoms with E-state index in [4.69, 9.17) is 4.74 Å². The number of ether oxygens (including phenoxy) is 1. The highest BCUT2D eigenvalue weighted by atomic mass is 16.5. The average Bonchev–Trinajstić information content (AvgIpc) is 2.60. The fourth-order valence-corrected chi connectivity index (χ4v) is 3.10. The molecule has 3 rings (SSSR count). The monoisotopic (exact) mass is 326 g/mol. The van der Waals surface area contributed by atoms with Crippen molar-refractivity contribution in [3.63, 3.8) is 0 Å². The molecule has 0 atom stereocenters. The molecule has 5 nitrogen and oxygen atoms in total. The Labute approximate surface area is 141 Å². The molecule has 2 aromatic carbocycles. The van der Waals surface area contributed by atoms with Gasteiger partial charge in [-0.1, -0.05) is 55.7 Å². The predicted molar refractivity (Wildman–Crippen MR) is 93.0 cm³/mol. The minimum Gasteiger partial charge on any atom is -0.483 e. The molecule has 0 aliphatic heterocycles. The molecule has 2 N–H and O–H groups in total. The zero-order chi connectivity index (χ0) is 16.8. The van der Waals surface area contributed by atoms with Crippen molar-refractivity contribution in [3.05, 3.63) is 42.5 Å². The van der Waals surface area contributed by atoms with E-state index in [1.54, 1.807) is 0 Å². The highest BCUT2D eigenvalue weighted by Gasteiger charge is 2.17. The number of nitrogens with one attached hydrogen (secondary N) is 2. The van der Waals surface area contributed by atoms with Gasteiger partial charge in [0.2, 0.25) is 0 Å². The number of fused-ring (bicyclic) bond motifs is 1. The van der Waals surface area contributed by atoms with Gasteiger partial charge in [0.05, 0.1) is 0 Å². The minimum absolute atomic E-state index is 0.172. The average molecular weight is 326 g/mol. The second kappa shape index (κ2) is 7.81. The molecule has 0 saturated heterocycles. The van der Waals surface area contributed by atoms with Gasteiger partial charge in [-0.25, -0.2) is 4.79 Å². The predicted octanol–water partition coefficient (Wildman–Crippen LogP) is 3.38. The molecule has 1 aliphatic carbocycles. The van der Waals surface area contributed by atoms with Crippen LogP contribution in [0.2, 0.25) is 0 Å². The topological polar surface area (TPSA) is 67.4 Å². The SMILES string of the molecule is O=C(COc1cccc2ccccc12)NC(=O)NC1CCCCC1. The molecule has 1 fully saturated rings. The van der Waals surface area contributed by atoms with Crippen LogP contribution in [0.25, 0.3) is 10.8 Å². The molecule has 0 unspecified atom stereocenters. The first-order valence-corrected chi connectivity index (χ1v) is 8.43. The van der Waals surface area contributed by atoms with E-state index in [9.17, 15) is 9.59 Å². The number of urea groups is 1. The molecule has 0 heterocycles. The summed E-state index contributed by atoms with van der Waals surface area (Å²) < 4.78 is 5.58. The Hall–Kier alpha value is -2.56. The van der Waals surface area contributed by atoms with Crippen LogP contribution in [0.5, 0.6) is 5.75 Å². The molecule has 5 heteroatoms. The fraction of sp³-hybridized carbons (Fsp3) is 0.368. The van der Waals surface area contributed by atoms with E-state index in [1.165, 1.54) is 6.42 Å². The van der Waals surface area contributed by atoms with Gasteiger partial charge in [-0.3, -0.25) is 10.1 Å². The maximum absolute atomic E-state index is 11.9. The third-order valence-electron chi connectivity index (χ3n) is 4.30. The van der Waals surface area contributed by atoms with Crippen LogP contribution in [0.3, 0.4) is 0 Å². The van der Waals surface area contributed by atoms with Crippen molar-refractivity contribution >= 4 is 22.7 Å². The van der Waals surface area contributed by atoms with Crippen LogP contribution < -0.4 is 15.4 Å². The number of carbonyl (C=O) groups excluding carboxylic acids is 2. The molecule has 1 saturated carbocycles. The van der Waals surface area contributed by atoms with Crippen molar-refractivity contribution < 1.29 is 14.3 Å². The Bertz CT molecular complexity index is 718. The number of hydrogen-bond acceptors (Lipinski definition) is 3.